The molecule has 1 aromatic heterocycles. The lowest BCUT2D eigenvalue weighted by molar-refractivity contribution is 0.102. The summed E-state index contributed by atoms with van der Waals surface area (Å²) >= 11 is 4.89. The van der Waals surface area contributed by atoms with Crippen LogP contribution in [0.4, 0.5) is 0 Å². The quantitative estimate of drug-likeness (QED) is 0.211. The van der Waals surface area contributed by atoms with Crippen molar-refractivity contribution < 1.29 is 4.79 Å². The van der Waals surface area contributed by atoms with E-state index in [0.29, 0.717) is 5.33 Å². The van der Waals surface area contributed by atoms with Gasteiger partial charge in [-0.05, 0) is 25.0 Å². The van der Waals surface area contributed by atoms with Crippen molar-refractivity contribution in [2.24, 2.45) is 0 Å². The highest BCUT2D eigenvalue weighted by atomic mass is 79.9. The summed E-state index contributed by atoms with van der Waals surface area (Å²) in [6, 6.07) is 4.09. The molecule has 0 radical (unpaired) electrons. The molecular formula is C18H29BrOS. The number of hydrogen-bond acceptors (Lipinski definition) is 2. The fourth-order valence-electron chi connectivity index (χ4n) is 2.51. The molecule has 0 atom stereocenters. The number of rotatable bonds is 13. The minimum absolute atomic E-state index is 0.203. The van der Waals surface area contributed by atoms with E-state index in [-0.39, 0.29) is 5.78 Å². The topological polar surface area (TPSA) is 17.1 Å². The standard InChI is InChI=1S/C18H29BrOS/c1-2-3-4-5-6-7-8-9-10-11-12-16-13-14-18(21-16)17(20)15-19/h13-14H,2-12,15H2,1H3. The van der Waals surface area contributed by atoms with Crippen LogP contribution in [-0.4, -0.2) is 11.1 Å². The minimum atomic E-state index is 0.203. The lowest BCUT2D eigenvalue weighted by atomic mass is 10.1. The van der Waals surface area contributed by atoms with Crippen molar-refractivity contribution >= 4 is 33.0 Å². The van der Waals surface area contributed by atoms with Crippen molar-refractivity contribution in [2.75, 3.05) is 5.33 Å². The van der Waals surface area contributed by atoms with Crippen LogP contribution in [0.3, 0.4) is 0 Å². The summed E-state index contributed by atoms with van der Waals surface area (Å²) in [5, 5.41) is 0.436. The number of carbonyl (C=O) groups excluding carboxylic acids is 1. The molecule has 0 N–H and O–H groups in total. The molecule has 0 aliphatic carbocycles. The lowest BCUT2D eigenvalue weighted by Gasteiger charge is -2.01. The normalized spacial score (nSPS) is 11.0. The van der Waals surface area contributed by atoms with Crippen LogP contribution in [0.5, 0.6) is 0 Å². The zero-order valence-electron chi connectivity index (χ0n) is 13.3. The van der Waals surface area contributed by atoms with E-state index in [1.807, 2.05) is 6.07 Å². The van der Waals surface area contributed by atoms with Crippen LogP contribution in [0.1, 0.15) is 85.7 Å². The first-order chi connectivity index (χ1) is 10.3. The van der Waals surface area contributed by atoms with Crippen molar-refractivity contribution in [3.8, 4) is 0 Å². The highest BCUT2D eigenvalue weighted by molar-refractivity contribution is 9.09. The molecule has 0 unspecified atom stereocenters. The van der Waals surface area contributed by atoms with Crippen LogP contribution >= 0.6 is 27.3 Å². The van der Waals surface area contributed by atoms with E-state index in [1.165, 1.54) is 69.1 Å². The van der Waals surface area contributed by atoms with Crippen LogP contribution in [0, 0.1) is 0 Å². The van der Waals surface area contributed by atoms with Gasteiger partial charge in [-0.25, -0.2) is 0 Å². The number of halogens is 1. The van der Waals surface area contributed by atoms with Crippen molar-refractivity contribution in [3.63, 3.8) is 0 Å². The van der Waals surface area contributed by atoms with E-state index in [0.717, 1.165) is 11.3 Å². The number of hydrogen-bond donors (Lipinski definition) is 0. The predicted molar refractivity (Wildman–Crippen MR) is 98.0 cm³/mol. The summed E-state index contributed by atoms with van der Waals surface area (Å²) in [5.41, 5.74) is 0. The van der Waals surface area contributed by atoms with Crippen molar-refractivity contribution in [1.82, 2.24) is 0 Å². The first-order valence-electron chi connectivity index (χ1n) is 8.45. The molecule has 0 saturated carbocycles. The molecule has 0 fully saturated rings. The zero-order chi connectivity index (χ0) is 15.3. The monoisotopic (exact) mass is 372 g/mol. The molecule has 0 aromatic carbocycles. The van der Waals surface area contributed by atoms with Gasteiger partial charge in [-0.3, -0.25) is 4.79 Å². The maximum atomic E-state index is 11.5. The molecule has 1 rings (SSSR count). The Kier molecular flexibility index (Phi) is 11.2. The van der Waals surface area contributed by atoms with Crippen molar-refractivity contribution in [2.45, 2.75) is 77.6 Å². The molecule has 0 saturated heterocycles. The summed E-state index contributed by atoms with van der Waals surface area (Å²) in [7, 11) is 0. The Morgan fingerprint density at radius 1 is 0.952 bits per heavy atom. The van der Waals surface area contributed by atoms with Crippen LogP contribution in [0.25, 0.3) is 0 Å². The Hall–Kier alpha value is -0.150. The molecule has 0 spiro atoms. The minimum Gasteiger partial charge on any atom is -0.292 e. The van der Waals surface area contributed by atoms with Gasteiger partial charge in [0.2, 0.25) is 0 Å². The van der Waals surface area contributed by atoms with Gasteiger partial charge in [0.15, 0.2) is 5.78 Å². The molecule has 1 heterocycles. The highest BCUT2D eigenvalue weighted by Crippen LogP contribution is 2.20. The second kappa shape index (κ2) is 12.4. The molecule has 1 aromatic rings. The smallest absolute Gasteiger partial charge is 0.183 e. The third-order valence-electron chi connectivity index (χ3n) is 3.83. The molecule has 120 valence electrons. The maximum Gasteiger partial charge on any atom is 0.183 e. The summed E-state index contributed by atoms with van der Waals surface area (Å²) in [6.45, 7) is 2.27. The lowest BCUT2D eigenvalue weighted by Crippen LogP contribution is -1.94. The second-order valence-corrected chi connectivity index (χ2v) is 7.48. The van der Waals surface area contributed by atoms with E-state index in [1.54, 1.807) is 11.3 Å². The van der Waals surface area contributed by atoms with Gasteiger partial charge in [0.05, 0.1) is 10.2 Å². The van der Waals surface area contributed by atoms with Gasteiger partial charge in [-0.1, -0.05) is 80.6 Å². The Labute approximate surface area is 142 Å². The summed E-state index contributed by atoms with van der Waals surface area (Å²) in [5.74, 6) is 0.203. The summed E-state index contributed by atoms with van der Waals surface area (Å²) in [6.07, 6.45) is 14.9. The summed E-state index contributed by atoms with van der Waals surface area (Å²) in [4.78, 5) is 13.8. The Morgan fingerprint density at radius 3 is 2.10 bits per heavy atom. The molecule has 0 bridgehead atoms. The molecule has 0 aliphatic rings. The molecule has 0 amide bonds. The van der Waals surface area contributed by atoms with Crippen LogP contribution in [0.15, 0.2) is 12.1 Å². The van der Waals surface area contributed by atoms with Gasteiger partial charge in [0, 0.05) is 4.88 Å². The predicted octanol–water partition coefficient (Wildman–Crippen LogP) is 6.79. The zero-order valence-corrected chi connectivity index (χ0v) is 15.7. The van der Waals surface area contributed by atoms with Gasteiger partial charge in [0.25, 0.3) is 0 Å². The SMILES string of the molecule is CCCCCCCCCCCCc1ccc(C(=O)CBr)s1. The van der Waals surface area contributed by atoms with Crippen molar-refractivity contribution in [1.29, 1.82) is 0 Å². The number of aryl methyl sites for hydroxylation is 1. The first kappa shape index (κ1) is 18.9. The Bertz CT molecular complexity index is 386. The van der Waals surface area contributed by atoms with E-state index in [9.17, 15) is 4.79 Å². The van der Waals surface area contributed by atoms with Gasteiger partial charge in [0.1, 0.15) is 0 Å². The number of carbonyl (C=O) groups is 1. The average molecular weight is 373 g/mol. The maximum absolute atomic E-state index is 11.5. The largest absolute Gasteiger partial charge is 0.292 e. The first-order valence-corrected chi connectivity index (χ1v) is 10.4. The van der Waals surface area contributed by atoms with Gasteiger partial charge in [-0.15, -0.1) is 11.3 Å². The van der Waals surface area contributed by atoms with E-state index in [2.05, 4.69) is 28.9 Å². The number of Topliss-reactive ketones (excluding diaryl/α,β-unsaturated/α-hetero) is 1. The van der Waals surface area contributed by atoms with E-state index in [4.69, 9.17) is 0 Å². The Balaban J connectivity index is 1.97. The fraction of sp³-hybridized carbons (Fsp3) is 0.722. The molecule has 0 aliphatic heterocycles. The number of unbranched alkanes of at least 4 members (excludes halogenated alkanes) is 9. The van der Waals surface area contributed by atoms with E-state index < -0.39 is 0 Å². The third kappa shape index (κ3) is 8.77. The van der Waals surface area contributed by atoms with E-state index >= 15 is 0 Å². The number of ketones is 1. The fourth-order valence-corrected chi connectivity index (χ4v) is 3.99. The van der Waals surface area contributed by atoms with Gasteiger partial charge in [-0.2, -0.15) is 0 Å². The molecule has 21 heavy (non-hydrogen) atoms. The second-order valence-electron chi connectivity index (χ2n) is 5.75. The van der Waals surface area contributed by atoms with Crippen molar-refractivity contribution in [3.05, 3.63) is 21.9 Å². The Morgan fingerprint density at radius 2 is 1.52 bits per heavy atom. The van der Waals surface area contributed by atoms with Crippen LogP contribution in [0.2, 0.25) is 0 Å². The number of alkyl halides is 1. The average Bonchev–Trinajstić information content (AvgIpc) is 2.97. The number of thiophene rings is 1. The molecular weight excluding hydrogens is 344 g/mol. The highest BCUT2D eigenvalue weighted by Gasteiger charge is 2.07. The van der Waals surface area contributed by atoms with Gasteiger partial charge >= 0.3 is 0 Å². The third-order valence-corrected chi connectivity index (χ3v) is 5.53. The van der Waals surface area contributed by atoms with Crippen LogP contribution < -0.4 is 0 Å². The summed E-state index contributed by atoms with van der Waals surface area (Å²) < 4.78 is 0. The van der Waals surface area contributed by atoms with Gasteiger partial charge < -0.3 is 0 Å². The molecule has 3 heteroatoms. The van der Waals surface area contributed by atoms with Crippen LogP contribution in [-0.2, 0) is 6.42 Å². The molecule has 1 nitrogen and oxygen atoms in total.